The van der Waals surface area contributed by atoms with E-state index < -0.39 is 10.7 Å². The molecule has 2 fully saturated rings. The van der Waals surface area contributed by atoms with Crippen molar-refractivity contribution in [3.63, 3.8) is 0 Å². The van der Waals surface area contributed by atoms with Crippen LogP contribution in [0.2, 0.25) is 0 Å². The summed E-state index contributed by atoms with van der Waals surface area (Å²) in [6, 6.07) is 3.66. The number of piperazine rings is 1. The highest BCUT2D eigenvalue weighted by Gasteiger charge is 2.26. The number of hydrogen-bond donors (Lipinski definition) is 0. The molecule has 1 aromatic carbocycles. The number of benzene rings is 1. The van der Waals surface area contributed by atoms with Crippen molar-refractivity contribution in [3.05, 3.63) is 34.1 Å². The van der Waals surface area contributed by atoms with E-state index in [4.69, 9.17) is 0 Å². The molecule has 0 aliphatic carbocycles. The van der Waals surface area contributed by atoms with Gasteiger partial charge in [0.15, 0.2) is 0 Å². The zero-order valence-corrected chi connectivity index (χ0v) is 14.2. The van der Waals surface area contributed by atoms with Crippen molar-refractivity contribution in [1.82, 2.24) is 9.80 Å². The lowest BCUT2D eigenvalue weighted by Crippen LogP contribution is -2.50. The van der Waals surface area contributed by atoms with Crippen molar-refractivity contribution in [2.75, 3.05) is 50.7 Å². The van der Waals surface area contributed by atoms with Gasteiger partial charge in [-0.3, -0.25) is 19.8 Å². The van der Waals surface area contributed by atoms with E-state index in [1.54, 1.807) is 0 Å². The molecule has 0 atom stereocenters. The molecule has 0 radical (unpaired) electrons. The third kappa shape index (κ3) is 4.25. The predicted octanol–water partition coefficient (Wildman–Crippen LogP) is 1.87. The molecule has 25 heavy (non-hydrogen) atoms. The highest BCUT2D eigenvalue weighted by atomic mass is 19.1. The van der Waals surface area contributed by atoms with Crippen LogP contribution in [0.15, 0.2) is 18.2 Å². The molecule has 2 aliphatic rings. The van der Waals surface area contributed by atoms with Crippen molar-refractivity contribution in [3.8, 4) is 0 Å². The highest BCUT2D eigenvalue weighted by molar-refractivity contribution is 5.78. The van der Waals surface area contributed by atoms with Crippen LogP contribution in [-0.2, 0) is 4.79 Å². The van der Waals surface area contributed by atoms with Gasteiger partial charge in [-0.15, -0.1) is 0 Å². The summed E-state index contributed by atoms with van der Waals surface area (Å²) in [6.45, 7) is 4.59. The number of likely N-dealkylation sites (tertiary alicyclic amines) is 1. The van der Waals surface area contributed by atoms with Crippen LogP contribution in [0, 0.1) is 15.9 Å². The minimum absolute atomic E-state index is 0.168. The normalized spacial score (nSPS) is 19.1. The van der Waals surface area contributed by atoms with Gasteiger partial charge in [-0.2, -0.15) is 0 Å². The predicted molar refractivity (Wildman–Crippen MR) is 92.1 cm³/mol. The summed E-state index contributed by atoms with van der Waals surface area (Å²) in [7, 11) is 0. The van der Waals surface area contributed by atoms with E-state index in [1.165, 1.54) is 18.6 Å². The second-order valence-electron chi connectivity index (χ2n) is 6.59. The molecule has 136 valence electrons. The Labute approximate surface area is 146 Å². The summed E-state index contributed by atoms with van der Waals surface area (Å²) in [5.41, 5.74) is 0.228. The molecular weight excluding hydrogens is 327 g/mol. The number of carbonyl (C=O) groups is 1. The fourth-order valence-corrected chi connectivity index (χ4v) is 3.49. The summed E-state index contributed by atoms with van der Waals surface area (Å²) < 4.78 is 13.3. The Kier molecular flexibility index (Phi) is 5.47. The standard InChI is InChI=1S/C17H23FN4O3/c18-14-4-5-15(16(12-14)22(24)25)20-10-8-19(9-11-20)13-17(23)21-6-2-1-3-7-21/h4-5,12H,1-3,6-11,13H2. The molecule has 2 saturated heterocycles. The molecule has 0 N–H and O–H groups in total. The minimum Gasteiger partial charge on any atom is -0.363 e. The van der Waals surface area contributed by atoms with Crippen molar-refractivity contribution in [1.29, 1.82) is 0 Å². The van der Waals surface area contributed by atoms with Crippen molar-refractivity contribution < 1.29 is 14.1 Å². The molecule has 2 aliphatic heterocycles. The molecule has 0 aromatic heterocycles. The van der Waals surface area contributed by atoms with E-state index in [9.17, 15) is 19.3 Å². The van der Waals surface area contributed by atoms with E-state index in [1.807, 2.05) is 9.80 Å². The van der Waals surface area contributed by atoms with Gasteiger partial charge in [0.25, 0.3) is 5.69 Å². The molecule has 1 aromatic rings. The molecule has 7 nitrogen and oxygen atoms in total. The molecule has 0 unspecified atom stereocenters. The van der Waals surface area contributed by atoms with Crippen molar-refractivity contribution >= 4 is 17.3 Å². The van der Waals surface area contributed by atoms with Crippen LogP contribution in [0.3, 0.4) is 0 Å². The van der Waals surface area contributed by atoms with E-state index >= 15 is 0 Å². The Bertz CT molecular complexity index is 641. The summed E-state index contributed by atoms with van der Waals surface area (Å²) in [5, 5.41) is 11.2. The zero-order valence-electron chi connectivity index (χ0n) is 14.2. The van der Waals surface area contributed by atoms with Gasteiger partial charge in [0.05, 0.1) is 17.5 Å². The topological polar surface area (TPSA) is 69.9 Å². The van der Waals surface area contributed by atoms with E-state index in [2.05, 4.69) is 4.90 Å². The largest absolute Gasteiger partial charge is 0.363 e. The molecule has 0 saturated carbocycles. The van der Waals surface area contributed by atoms with Crippen LogP contribution in [0.4, 0.5) is 15.8 Å². The maximum absolute atomic E-state index is 13.3. The molecule has 2 heterocycles. The van der Waals surface area contributed by atoms with Gasteiger partial charge < -0.3 is 9.80 Å². The SMILES string of the molecule is O=C(CN1CCN(c2ccc(F)cc2[N+](=O)[O-])CC1)N1CCCCC1. The average Bonchev–Trinajstić information content (AvgIpc) is 2.63. The number of nitro groups is 1. The number of rotatable bonds is 4. The average molecular weight is 350 g/mol. The number of anilines is 1. The van der Waals surface area contributed by atoms with Gasteiger partial charge >= 0.3 is 0 Å². The van der Waals surface area contributed by atoms with Crippen molar-refractivity contribution in [2.24, 2.45) is 0 Å². The van der Waals surface area contributed by atoms with E-state index in [0.29, 0.717) is 38.4 Å². The summed E-state index contributed by atoms with van der Waals surface area (Å²) in [6.07, 6.45) is 3.35. The first kappa shape index (κ1) is 17.6. The van der Waals surface area contributed by atoms with Crippen LogP contribution >= 0.6 is 0 Å². The lowest BCUT2D eigenvalue weighted by molar-refractivity contribution is -0.384. The fraction of sp³-hybridized carbons (Fsp3) is 0.588. The first-order chi connectivity index (χ1) is 12.0. The molecule has 0 spiro atoms. The second-order valence-corrected chi connectivity index (χ2v) is 6.59. The van der Waals surface area contributed by atoms with E-state index in [0.717, 1.165) is 32.0 Å². The van der Waals surface area contributed by atoms with Gasteiger partial charge in [-0.05, 0) is 31.4 Å². The number of nitrogens with zero attached hydrogens (tertiary/aromatic N) is 4. The van der Waals surface area contributed by atoms with Crippen LogP contribution in [0.25, 0.3) is 0 Å². The Morgan fingerprint density at radius 3 is 2.40 bits per heavy atom. The van der Waals surface area contributed by atoms with Gasteiger partial charge in [0.2, 0.25) is 5.91 Å². The quantitative estimate of drug-likeness (QED) is 0.612. The monoisotopic (exact) mass is 350 g/mol. The maximum Gasteiger partial charge on any atom is 0.295 e. The minimum atomic E-state index is -0.610. The van der Waals surface area contributed by atoms with Gasteiger partial charge in [0, 0.05) is 39.3 Å². The number of nitro benzene ring substituents is 1. The van der Waals surface area contributed by atoms with Crippen LogP contribution in [0.1, 0.15) is 19.3 Å². The van der Waals surface area contributed by atoms with Crippen molar-refractivity contribution in [2.45, 2.75) is 19.3 Å². The van der Waals surface area contributed by atoms with Crippen LogP contribution in [-0.4, -0.2) is 66.4 Å². The van der Waals surface area contributed by atoms with Crippen LogP contribution < -0.4 is 4.90 Å². The Balaban J connectivity index is 1.57. The smallest absolute Gasteiger partial charge is 0.295 e. The summed E-state index contributed by atoms with van der Waals surface area (Å²) >= 11 is 0. The van der Waals surface area contributed by atoms with E-state index in [-0.39, 0.29) is 11.6 Å². The van der Waals surface area contributed by atoms with Gasteiger partial charge in [-0.25, -0.2) is 4.39 Å². The highest BCUT2D eigenvalue weighted by Crippen LogP contribution is 2.29. The summed E-state index contributed by atoms with van der Waals surface area (Å²) in [4.78, 5) is 28.8. The third-order valence-electron chi connectivity index (χ3n) is 4.91. The lowest BCUT2D eigenvalue weighted by Gasteiger charge is -2.36. The molecule has 8 heteroatoms. The van der Waals surface area contributed by atoms with Gasteiger partial charge in [-0.1, -0.05) is 0 Å². The number of carbonyl (C=O) groups excluding carboxylic acids is 1. The fourth-order valence-electron chi connectivity index (χ4n) is 3.49. The number of piperidine rings is 1. The zero-order chi connectivity index (χ0) is 17.8. The summed E-state index contributed by atoms with van der Waals surface area (Å²) in [5.74, 6) is -0.442. The maximum atomic E-state index is 13.3. The Morgan fingerprint density at radius 2 is 1.76 bits per heavy atom. The van der Waals surface area contributed by atoms with Crippen LogP contribution in [0.5, 0.6) is 0 Å². The third-order valence-corrected chi connectivity index (χ3v) is 4.91. The number of hydrogen-bond acceptors (Lipinski definition) is 5. The first-order valence-corrected chi connectivity index (χ1v) is 8.73. The lowest BCUT2D eigenvalue weighted by atomic mass is 10.1. The Morgan fingerprint density at radius 1 is 1.08 bits per heavy atom. The molecule has 3 rings (SSSR count). The molecular formula is C17H23FN4O3. The first-order valence-electron chi connectivity index (χ1n) is 8.73. The molecule has 1 amide bonds. The number of amides is 1. The molecule has 0 bridgehead atoms. The van der Waals surface area contributed by atoms with Gasteiger partial charge in [0.1, 0.15) is 11.5 Å². The number of halogens is 1. The second kappa shape index (κ2) is 7.77. The Hall–Kier alpha value is -2.22.